The molecule has 0 unspecified atom stereocenters. The molecule has 0 atom stereocenters. The Hall–Kier alpha value is -0.930. The van der Waals surface area contributed by atoms with Crippen LogP contribution in [0.4, 0.5) is 0 Å². The van der Waals surface area contributed by atoms with E-state index >= 15 is 0 Å². The van der Waals surface area contributed by atoms with Crippen molar-refractivity contribution >= 4 is 0 Å². The van der Waals surface area contributed by atoms with Crippen LogP contribution in [0.3, 0.4) is 0 Å². The molecule has 0 radical (unpaired) electrons. The lowest BCUT2D eigenvalue weighted by molar-refractivity contribution is 0.552. The third-order valence-corrected chi connectivity index (χ3v) is 1.52. The van der Waals surface area contributed by atoms with Crippen molar-refractivity contribution in [2.45, 2.75) is 39.7 Å². The van der Waals surface area contributed by atoms with Crippen molar-refractivity contribution in [2.75, 3.05) is 0 Å². The van der Waals surface area contributed by atoms with Crippen molar-refractivity contribution in [1.82, 2.24) is 20.2 Å². The highest BCUT2D eigenvalue weighted by molar-refractivity contribution is 4.79. The Bertz CT molecular complexity index is 185. The summed E-state index contributed by atoms with van der Waals surface area (Å²) < 4.78 is 1.88. The summed E-state index contributed by atoms with van der Waals surface area (Å²) in [5, 5.41) is 11.4. The second-order valence-corrected chi connectivity index (χ2v) is 2.57. The van der Waals surface area contributed by atoms with E-state index in [0.29, 0.717) is 0 Å². The molecule has 4 heteroatoms. The molecule has 11 heavy (non-hydrogen) atoms. The Kier molecular flexibility index (Phi) is 3.01. The highest BCUT2D eigenvalue weighted by Gasteiger charge is 2.01. The number of aryl methyl sites for hydroxylation is 2. The third-order valence-electron chi connectivity index (χ3n) is 1.52. The van der Waals surface area contributed by atoms with E-state index in [4.69, 9.17) is 0 Å². The predicted molar refractivity (Wildman–Crippen MR) is 42.1 cm³/mol. The minimum absolute atomic E-state index is 0.933. The van der Waals surface area contributed by atoms with Gasteiger partial charge in [0.1, 0.15) is 0 Å². The molecule has 1 aromatic rings. The Morgan fingerprint density at radius 3 is 2.73 bits per heavy atom. The van der Waals surface area contributed by atoms with Gasteiger partial charge >= 0.3 is 0 Å². The molecule has 0 N–H and O–H groups in total. The van der Waals surface area contributed by atoms with Gasteiger partial charge in [0.15, 0.2) is 5.82 Å². The maximum Gasteiger partial charge on any atom is 0.151 e. The van der Waals surface area contributed by atoms with E-state index in [-0.39, 0.29) is 0 Å². The Morgan fingerprint density at radius 1 is 1.27 bits per heavy atom. The van der Waals surface area contributed by atoms with E-state index in [1.165, 1.54) is 0 Å². The van der Waals surface area contributed by atoms with Gasteiger partial charge in [-0.1, -0.05) is 13.8 Å². The fourth-order valence-electron chi connectivity index (χ4n) is 1.01. The van der Waals surface area contributed by atoms with E-state index in [1.54, 1.807) is 0 Å². The molecule has 0 bridgehead atoms. The summed E-state index contributed by atoms with van der Waals surface area (Å²) in [6.07, 6.45) is 3.17. The molecular formula is C7H14N4. The summed E-state index contributed by atoms with van der Waals surface area (Å²) >= 11 is 0. The standard InChI is InChI=1S/C7H14N4/c1-3-5-7-8-9-10-11(7)6-4-2/h3-6H2,1-2H3. The minimum atomic E-state index is 0.933. The summed E-state index contributed by atoms with van der Waals surface area (Å²) in [6.45, 7) is 5.19. The Labute approximate surface area is 66.6 Å². The van der Waals surface area contributed by atoms with Crippen LogP contribution in [0.25, 0.3) is 0 Å². The third kappa shape index (κ3) is 2.00. The highest BCUT2D eigenvalue weighted by Crippen LogP contribution is 1.97. The second kappa shape index (κ2) is 4.05. The summed E-state index contributed by atoms with van der Waals surface area (Å²) in [7, 11) is 0. The lowest BCUT2D eigenvalue weighted by atomic mass is 10.3. The molecular weight excluding hydrogens is 140 g/mol. The molecule has 0 saturated carbocycles. The molecule has 1 aromatic heterocycles. The highest BCUT2D eigenvalue weighted by atomic mass is 15.5. The van der Waals surface area contributed by atoms with Crippen LogP contribution in [0.1, 0.15) is 32.5 Å². The lowest BCUT2D eigenvalue weighted by Crippen LogP contribution is -2.04. The van der Waals surface area contributed by atoms with Crippen LogP contribution in [0.5, 0.6) is 0 Å². The molecule has 0 aliphatic rings. The molecule has 0 saturated heterocycles. The molecule has 0 fully saturated rings. The summed E-state index contributed by atoms with van der Waals surface area (Å²) in [5.74, 6) is 1.01. The number of tetrazole rings is 1. The first-order valence-corrected chi connectivity index (χ1v) is 4.13. The maximum atomic E-state index is 3.93. The quantitative estimate of drug-likeness (QED) is 0.650. The molecule has 62 valence electrons. The molecule has 4 nitrogen and oxygen atoms in total. The van der Waals surface area contributed by atoms with E-state index in [0.717, 1.165) is 31.6 Å². The van der Waals surface area contributed by atoms with E-state index in [9.17, 15) is 0 Å². The van der Waals surface area contributed by atoms with Gasteiger partial charge in [0.25, 0.3) is 0 Å². The van der Waals surface area contributed by atoms with Crippen LogP contribution in [0.15, 0.2) is 0 Å². The van der Waals surface area contributed by atoms with Gasteiger partial charge in [-0.3, -0.25) is 0 Å². The Morgan fingerprint density at radius 2 is 2.09 bits per heavy atom. The topological polar surface area (TPSA) is 43.6 Å². The zero-order valence-corrected chi connectivity index (χ0v) is 7.12. The molecule has 1 rings (SSSR count). The van der Waals surface area contributed by atoms with Gasteiger partial charge in [0.05, 0.1) is 0 Å². The largest absolute Gasteiger partial charge is 0.230 e. The number of rotatable bonds is 4. The van der Waals surface area contributed by atoms with Gasteiger partial charge in [0.2, 0.25) is 0 Å². The minimum Gasteiger partial charge on any atom is -0.230 e. The van der Waals surface area contributed by atoms with Crippen LogP contribution in [0, 0.1) is 0 Å². The zero-order valence-electron chi connectivity index (χ0n) is 7.12. The summed E-state index contributed by atoms with van der Waals surface area (Å²) in [4.78, 5) is 0. The first kappa shape index (κ1) is 8.17. The first-order chi connectivity index (χ1) is 5.38. The zero-order chi connectivity index (χ0) is 8.10. The van der Waals surface area contributed by atoms with Gasteiger partial charge in [-0.05, 0) is 23.3 Å². The average Bonchev–Trinajstić information content (AvgIpc) is 2.39. The van der Waals surface area contributed by atoms with Crippen LogP contribution < -0.4 is 0 Å². The average molecular weight is 154 g/mol. The van der Waals surface area contributed by atoms with Gasteiger partial charge in [0, 0.05) is 13.0 Å². The fraction of sp³-hybridized carbons (Fsp3) is 0.857. The number of hydrogen-bond donors (Lipinski definition) is 0. The van der Waals surface area contributed by atoms with E-state index < -0.39 is 0 Å². The monoisotopic (exact) mass is 154 g/mol. The molecule has 0 spiro atoms. The SMILES string of the molecule is CCCc1nnnn1CCC. The van der Waals surface area contributed by atoms with Gasteiger partial charge < -0.3 is 0 Å². The number of nitrogens with zero attached hydrogens (tertiary/aromatic N) is 4. The number of hydrogen-bond acceptors (Lipinski definition) is 3. The molecule has 0 aromatic carbocycles. The van der Waals surface area contributed by atoms with Crippen LogP contribution in [-0.2, 0) is 13.0 Å². The fourth-order valence-corrected chi connectivity index (χ4v) is 1.01. The van der Waals surface area contributed by atoms with Gasteiger partial charge in [-0.15, -0.1) is 5.10 Å². The second-order valence-electron chi connectivity index (χ2n) is 2.57. The van der Waals surface area contributed by atoms with Crippen molar-refractivity contribution in [3.05, 3.63) is 5.82 Å². The number of aromatic nitrogens is 4. The maximum absolute atomic E-state index is 3.93. The molecule has 0 amide bonds. The summed E-state index contributed by atoms with van der Waals surface area (Å²) in [6, 6.07) is 0. The smallest absolute Gasteiger partial charge is 0.151 e. The molecule has 0 aliphatic heterocycles. The van der Waals surface area contributed by atoms with Crippen LogP contribution >= 0.6 is 0 Å². The summed E-state index contributed by atoms with van der Waals surface area (Å²) in [5.41, 5.74) is 0. The Balaban J connectivity index is 2.62. The lowest BCUT2D eigenvalue weighted by Gasteiger charge is -1.99. The predicted octanol–water partition coefficient (Wildman–Crippen LogP) is 1.04. The van der Waals surface area contributed by atoms with Gasteiger partial charge in [-0.2, -0.15) is 0 Å². The van der Waals surface area contributed by atoms with Crippen molar-refractivity contribution in [1.29, 1.82) is 0 Å². The van der Waals surface area contributed by atoms with Crippen LogP contribution in [0.2, 0.25) is 0 Å². The van der Waals surface area contributed by atoms with E-state index in [2.05, 4.69) is 29.4 Å². The van der Waals surface area contributed by atoms with Crippen molar-refractivity contribution in [3.63, 3.8) is 0 Å². The molecule has 0 aliphatic carbocycles. The van der Waals surface area contributed by atoms with Crippen LogP contribution in [-0.4, -0.2) is 20.2 Å². The van der Waals surface area contributed by atoms with Gasteiger partial charge in [-0.25, -0.2) is 4.68 Å². The first-order valence-electron chi connectivity index (χ1n) is 4.13. The molecule has 1 heterocycles. The van der Waals surface area contributed by atoms with Crippen molar-refractivity contribution < 1.29 is 0 Å². The van der Waals surface area contributed by atoms with Crippen molar-refractivity contribution in [2.24, 2.45) is 0 Å². The van der Waals surface area contributed by atoms with Crippen molar-refractivity contribution in [3.8, 4) is 0 Å². The normalized spacial score (nSPS) is 10.4. The van der Waals surface area contributed by atoms with E-state index in [1.807, 2.05) is 4.68 Å².